The number of carbonyl (C=O) groups is 1. The maximum Gasteiger partial charge on any atom is 0.416 e. The van der Waals surface area contributed by atoms with Crippen LogP contribution >= 0.6 is 0 Å². The van der Waals surface area contributed by atoms with Crippen LogP contribution in [-0.2, 0) is 17.5 Å². The molecule has 5 nitrogen and oxygen atoms in total. The number of carbonyl (C=O) groups excluding carboxylic acids is 1. The second-order valence-corrected chi connectivity index (χ2v) is 7.18. The highest BCUT2D eigenvalue weighted by molar-refractivity contribution is 5.78. The zero-order valence-corrected chi connectivity index (χ0v) is 17.0. The Morgan fingerprint density at radius 2 is 1.93 bits per heavy atom. The van der Waals surface area contributed by atoms with Crippen molar-refractivity contribution in [2.24, 2.45) is 0 Å². The molecule has 0 radical (unpaired) electrons. The monoisotopic (exact) mass is 422 g/mol. The first-order valence-electron chi connectivity index (χ1n) is 9.71. The molecule has 2 aromatic carbocycles. The lowest BCUT2D eigenvalue weighted by atomic mass is 10.0. The zero-order valence-electron chi connectivity index (χ0n) is 17.0. The molecule has 2 aromatic rings. The Morgan fingerprint density at radius 1 is 1.13 bits per heavy atom. The molecule has 1 amide bonds. The molecular weight excluding hydrogens is 397 g/mol. The van der Waals surface area contributed by atoms with Crippen molar-refractivity contribution in [3.63, 3.8) is 0 Å². The van der Waals surface area contributed by atoms with Crippen LogP contribution in [0, 0.1) is 0 Å². The minimum absolute atomic E-state index is 0.0239. The van der Waals surface area contributed by atoms with Gasteiger partial charge in [-0.1, -0.05) is 18.2 Å². The molecule has 1 aliphatic heterocycles. The lowest BCUT2D eigenvalue weighted by molar-refractivity contribution is -0.137. The Balaban J connectivity index is 1.84. The van der Waals surface area contributed by atoms with Crippen LogP contribution in [0.15, 0.2) is 42.5 Å². The summed E-state index contributed by atoms with van der Waals surface area (Å²) >= 11 is 0. The van der Waals surface area contributed by atoms with Crippen LogP contribution < -0.4 is 14.8 Å². The van der Waals surface area contributed by atoms with E-state index < -0.39 is 17.8 Å². The van der Waals surface area contributed by atoms with Crippen molar-refractivity contribution in [2.45, 2.75) is 31.6 Å². The molecule has 0 spiro atoms. The Morgan fingerprint density at radius 3 is 2.57 bits per heavy atom. The largest absolute Gasteiger partial charge is 0.497 e. The van der Waals surface area contributed by atoms with Crippen LogP contribution in [0.1, 0.15) is 35.6 Å². The standard InChI is InChI=1S/C22H25F3N2O3/c1-29-18-9-8-16(20(12-18)30-2)13-26-19(14-27-10-4-7-21(27)28)15-5-3-6-17(11-15)22(23,24)25/h3,5-6,8-9,11-12,19,26H,4,7,10,13-14H2,1-2H3. The first kappa shape index (κ1) is 22.0. The van der Waals surface area contributed by atoms with Crippen molar-refractivity contribution in [2.75, 3.05) is 27.3 Å². The van der Waals surface area contributed by atoms with Crippen molar-refractivity contribution in [3.8, 4) is 11.5 Å². The molecule has 1 fully saturated rings. The summed E-state index contributed by atoms with van der Waals surface area (Å²) in [5.41, 5.74) is 0.613. The Kier molecular flexibility index (Phi) is 6.87. The van der Waals surface area contributed by atoms with Crippen LogP contribution in [0.5, 0.6) is 11.5 Å². The number of hydrogen-bond donors (Lipinski definition) is 1. The highest BCUT2D eigenvalue weighted by Gasteiger charge is 2.31. The molecule has 30 heavy (non-hydrogen) atoms. The lowest BCUT2D eigenvalue weighted by Crippen LogP contribution is -2.36. The molecule has 0 aliphatic carbocycles. The van der Waals surface area contributed by atoms with Gasteiger partial charge in [0.1, 0.15) is 11.5 Å². The predicted molar refractivity (Wildman–Crippen MR) is 106 cm³/mol. The third-order valence-electron chi connectivity index (χ3n) is 5.22. The second-order valence-electron chi connectivity index (χ2n) is 7.18. The number of nitrogens with zero attached hydrogens (tertiary/aromatic N) is 1. The number of alkyl halides is 3. The molecule has 1 atom stereocenters. The van der Waals surface area contributed by atoms with Crippen molar-refractivity contribution in [3.05, 3.63) is 59.2 Å². The fourth-order valence-corrected chi connectivity index (χ4v) is 3.57. The van der Waals surface area contributed by atoms with Gasteiger partial charge in [-0.05, 0) is 30.2 Å². The number of nitrogens with one attached hydrogen (secondary N) is 1. The average Bonchev–Trinajstić information content (AvgIpc) is 3.14. The maximum atomic E-state index is 13.2. The van der Waals surface area contributed by atoms with Gasteiger partial charge in [0, 0.05) is 37.7 Å². The molecular formula is C22H25F3N2O3. The van der Waals surface area contributed by atoms with Gasteiger partial charge in [-0.25, -0.2) is 0 Å². The van der Waals surface area contributed by atoms with E-state index in [9.17, 15) is 18.0 Å². The highest BCUT2D eigenvalue weighted by Crippen LogP contribution is 2.32. The Bertz CT molecular complexity index is 886. The Hall–Kier alpha value is -2.74. The number of halogens is 3. The van der Waals surface area contributed by atoms with E-state index in [0.717, 1.165) is 24.1 Å². The number of ether oxygens (including phenoxy) is 2. The topological polar surface area (TPSA) is 50.8 Å². The summed E-state index contributed by atoms with van der Waals surface area (Å²) in [5.74, 6) is 1.28. The van der Waals surface area contributed by atoms with Gasteiger partial charge in [-0.2, -0.15) is 13.2 Å². The molecule has 0 aromatic heterocycles. The van der Waals surface area contributed by atoms with Crippen molar-refractivity contribution >= 4 is 5.91 Å². The van der Waals surface area contributed by atoms with E-state index in [2.05, 4.69) is 5.32 Å². The molecule has 162 valence electrons. The number of rotatable bonds is 8. The van der Waals surface area contributed by atoms with E-state index in [-0.39, 0.29) is 5.91 Å². The maximum absolute atomic E-state index is 13.2. The fourth-order valence-electron chi connectivity index (χ4n) is 3.57. The van der Waals surface area contributed by atoms with Gasteiger partial charge in [0.2, 0.25) is 5.91 Å². The van der Waals surface area contributed by atoms with Crippen molar-refractivity contribution in [1.82, 2.24) is 10.2 Å². The first-order valence-corrected chi connectivity index (χ1v) is 9.71. The Labute approximate surface area is 173 Å². The number of hydrogen-bond acceptors (Lipinski definition) is 4. The summed E-state index contributed by atoms with van der Waals surface area (Å²) in [6.07, 6.45) is -3.19. The number of likely N-dealkylation sites (tertiary alicyclic amines) is 1. The van der Waals surface area contributed by atoms with E-state index >= 15 is 0 Å². The van der Waals surface area contributed by atoms with Gasteiger partial charge in [-0.3, -0.25) is 4.79 Å². The average molecular weight is 422 g/mol. The normalized spacial score (nSPS) is 15.4. The van der Waals surface area contributed by atoms with Crippen LogP contribution in [0.3, 0.4) is 0 Å². The smallest absolute Gasteiger partial charge is 0.416 e. The molecule has 1 saturated heterocycles. The minimum Gasteiger partial charge on any atom is -0.497 e. The van der Waals surface area contributed by atoms with Gasteiger partial charge >= 0.3 is 6.18 Å². The van der Waals surface area contributed by atoms with Crippen LogP contribution in [0.25, 0.3) is 0 Å². The first-order chi connectivity index (χ1) is 14.3. The van der Waals surface area contributed by atoms with Gasteiger partial charge in [0.05, 0.1) is 25.8 Å². The quantitative estimate of drug-likeness (QED) is 0.694. The fraction of sp³-hybridized carbons (Fsp3) is 0.409. The van der Waals surface area contributed by atoms with E-state index in [1.807, 2.05) is 6.07 Å². The SMILES string of the molecule is COc1ccc(CNC(CN2CCCC2=O)c2cccc(C(F)(F)F)c2)c(OC)c1. The lowest BCUT2D eigenvalue weighted by Gasteiger charge is -2.26. The van der Waals surface area contributed by atoms with Crippen LogP contribution in [0.4, 0.5) is 13.2 Å². The third kappa shape index (κ3) is 5.24. The number of methoxy groups -OCH3 is 2. The zero-order chi connectivity index (χ0) is 21.7. The van der Waals surface area contributed by atoms with Gasteiger partial charge in [0.15, 0.2) is 0 Å². The summed E-state index contributed by atoms with van der Waals surface area (Å²) in [7, 11) is 3.11. The van der Waals surface area contributed by atoms with Gasteiger partial charge in [-0.15, -0.1) is 0 Å². The highest BCUT2D eigenvalue weighted by atomic mass is 19.4. The summed E-state index contributed by atoms with van der Waals surface area (Å²) in [4.78, 5) is 13.8. The molecule has 1 N–H and O–H groups in total. The van der Waals surface area contributed by atoms with Crippen molar-refractivity contribution in [1.29, 1.82) is 0 Å². The van der Waals surface area contributed by atoms with E-state index in [1.54, 1.807) is 37.3 Å². The third-order valence-corrected chi connectivity index (χ3v) is 5.22. The van der Waals surface area contributed by atoms with Crippen LogP contribution in [0.2, 0.25) is 0 Å². The molecule has 8 heteroatoms. The van der Waals surface area contributed by atoms with Gasteiger partial charge < -0.3 is 19.7 Å². The molecule has 3 rings (SSSR count). The molecule has 0 saturated carbocycles. The number of amides is 1. The van der Waals surface area contributed by atoms with E-state index in [1.165, 1.54) is 6.07 Å². The molecule has 1 unspecified atom stereocenters. The van der Waals surface area contributed by atoms with E-state index in [0.29, 0.717) is 43.1 Å². The molecule has 0 bridgehead atoms. The summed E-state index contributed by atoms with van der Waals surface area (Å²) in [5, 5.41) is 3.31. The molecule has 1 aliphatic rings. The second kappa shape index (κ2) is 9.38. The summed E-state index contributed by atoms with van der Waals surface area (Å²) in [6.45, 7) is 1.27. The molecule has 1 heterocycles. The minimum atomic E-state index is -4.43. The summed E-state index contributed by atoms with van der Waals surface area (Å²) < 4.78 is 50.2. The predicted octanol–water partition coefficient (Wildman–Crippen LogP) is 4.18. The van der Waals surface area contributed by atoms with Crippen molar-refractivity contribution < 1.29 is 27.4 Å². The number of benzene rings is 2. The van der Waals surface area contributed by atoms with Crippen LogP contribution in [-0.4, -0.2) is 38.1 Å². The van der Waals surface area contributed by atoms with E-state index in [4.69, 9.17) is 9.47 Å². The van der Waals surface area contributed by atoms with Gasteiger partial charge in [0.25, 0.3) is 0 Å². The summed E-state index contributed by atoms with van der Waals surface area (Å²) in [6, 6.07) is 10.2.